The highest BCUT2D eigenvalue weighted by molar-refractivity contribution is 5.90. The number of nitrogens with zero attached hydrogens (tertiary/aromatic N) is 3. The van der Waals surface area contributed by atoms with Crippen molar-refractivity contribution in [1.82, 2.24) is 10.1 Å². The molecule has 12 heteroatoms. The number of cyclic esters (lactones) is 1. The van der Waals surface area contributed by atoms with Crippen LogP contribution in [0.1, 0.15) is 12.0 Å². The van der Waals surface area contributed by atoms with Gasteiger partial charge in [-0.25, -0.2) is 14.0 Å². The number of hydrogen-bond donors (Lipinski definition) is 2. The average Bonchev–Trinajstić information content (AvgIpc) is 3.50. The fourth-order valence-electron chi connectivity index (χ4n) is 3.60. The number of aromatic nitrogens is 1. The summed E-state index contributed by atoms with van der Waals surface area (Å²) < 4.78 is 35.2. The van der Waals surface area contributed by atoms with Gasteiger partial charge in [0.25, 0.3) is 5.88 Å². The van der Waals surface area contributed by atoms with E-state index in [1.54, 1.807) is 18.2 Å². The summed E-state index contributed by atoms with van der Waals surface area (Å²) in [5.41, 5.74) is 1.47. The second-order valence-corrected chi connectivity index (χ2v) is 7.77. The van der Waals surface area contributed by atoms with Crippen molar-refractivity contribution in [1.29, 1.82) is 0 Å². The summed E-state index contributed by atoms with van der Waals surface area (Å²) in [6, 6.07) is 6.04. The summed E-state index contributed by atoms with van der Waals surface area (Å²) in [4.78, 5) is 27.0. The van der Waals surface area contributed by atoms with E-state index in [0.717, 1.165) is 5.57 Å². The number of rotatable bonds is 8. The zero-order valence-electron chi connectivity index (χ0n) is 18.1. The predicted molar refractivity (Wildman–Crippen MR) is 115 cm³/mol. The molecular formula is C22H24FN3O8. The molecule has 0 spiro atoms. The minimum atomic E-state index is -1.13. The van der Waals surface area contributed by atoms with E-state index in [9.17, 15) is 19.1 Å². The first-order valence-corrected chi connectivity index (χ1v) is 10.7. The molecule has 2 aliphatic heterocycles. The molecule has 1 aromatic carbocycles. The van der Waals surface area contributed by atoms with E-state index in [-0.39, 0.29) is 32.2 Å². The Hall–Kier alpha value is -3.64. The normalized spacial score (nSPS) is 19.0. The van der Waals surface area contributed by atoms with E-state index in [1.807, 2.05) is 0 Å². The molecule has 2 aliphatic rings. The second-order valence-electron chi connectivity index (χ2n) is 7.77. The van der Waals surface area contributed by atoms with Crippen molar-refractivity contribution < 1.29 is 42.9 Å². The number of benzene rings is 1. The van der Waals surface area contributed by atoms with Crippen LogP contribution in [0.4, 0.5) is 19.7 Å². The Morgan fingerprint density at radius 2 is 2.21 bits per heavy atom. The first-order chi connectivity index (χ1) is 16.4. The van der Waals surface area contributed by atoms with Crippen molar-refractivity contribution >= 4 is 23.4 Å². The maximum absolute atomic E-state index is 14.9. The number of hydrogen-bond acceptors (Lipinski definition) is 9. The van der Waals surface area contributed by atoms with Crippen molar-refractivity contribution in [2.75, 3.05) is 44.4 Å². The monoisotopic (exact) mass is 477 g/mol. The Bertz CT molecular complexity index is 1040. The zero-order valence-corrected chi connectivity index (χ0v) is 18.1. The molecule has 2 atom stereocenters. The van der Waals surface area contributed by atoms with Crippen molar-refractivity contribution in [3.8, 4) is 5.88 Å². The Labute approximate surface area is 193 Å². The predicted octanol–water partition coefficient (Wildman–Crippen LogP) is 1.80. The minimum Gasteiger partial charge on any atom is -0.471 e. The van der Waals surface area contributed by atoms with Crippen molar-refractivity contribution in [3.05, 3.63) is 48.0 Å². The van der Waals surface area contributed by atoms with E-state index in [4.69, 9.17) is 19.3 Å². The van der Waals surface area contributed by atoms with Gasteiger partial charge < -0.3 is 33.8 Å². The molecule has 2 amide bonds. The molecule has 0 saturated carbocycles. The average molecular weight is 477 g/mol. The number of carbonyl (C=O) groups excluding carboxylic acids is 2. The molecule has 34 heavy (non-hydrogen) atoms. The third kappa shape index (κ3) is 5.46. The highest BCUT2D eigenvalue weighted by Crippen LogP contribution is 2.30. The van der Waals surface area contributed by atoms with E-state index in [2.05, 4.69) is 9.68 Å². The summed E-state index contributed by atoms with van der Waals surface area (Å²) in [6.45, 7) is 0.00684. The molecule has 0 aliphatic carbocycles. The van der Waals surface area contributed by atoms with Crippen LogP contribution in [-0.2, 0) is 9.47 Å². The molecule has 182 valence electrons. The standard InChI is InChI=1S/C22H24FN3O8/c23-19-9-15(26-10-17(34-22(26)30)13-31-20-5-8-33-24-20)1-2-18(19)14-3-6-25(7-4-14)21(29)32-12-16(28)11-27/h1-3,5,8-9,16-17,27-28H,4,6-7,10-13H2/t16-,17+/m0/s1. The maximum atomic E-state index is 14.9. The molecular weight excluding hydrogens is 453 g/mol. The Kier molecular flexibility index (Phi) is 7.28. The van der Waals surface area contributed by atoms with Crippen molar-refractivity contribution in [3.63, 3.8) is 0 Å². The van der Waals surface area contributed by atoms with E-state index in [0.29, 0.717) is 24.2 Å². The van der Waals surface area contributed by atoms with Crippen LogP contribution in [-0.4, -0.2) is 84.1 Å². The minimum absolute atomic E-state index is 0.0835. The van der Waals surface area contributed by atoms with Crippen LogP contribution in [0.3, 0.4) is 0 Å². The molecule has 0 unspecified atom stereocenters. The van der Waals surface area contributed by atoms with Gasteiger partial charge in [0.1, 0.15) is 31.4 Å². The van der Waals surface area contributed by atoms with Gasteiger partial charge in [-0.3, -0.25) is 4.90 Å². The van der Waals surface area contributed by atoms with Crippen molar-refractivity contribution in [2.24, 2.45) is 0 Å². The summed E-state index contributed by atoms with van der Waals surface area (Å²) in [7, 11) is 0. The molecule has 1 fully saturated rings. The highest BCUT2D eigenvalue weighted by Gasteiger charge is 2.33. The third-order valence-corrected chi connectivity index (χ3v) is 5.39. The van der Waals surface area contributed by atoms with Crippen LogP contribution in [0.15, 0.2) is 41.1 Å². The lowest BCUT2D eigenvalue weighted by atomic mass is 9.98. The maximum Gasteiger partial charge on any atom is 0.414 e. The lowest BCUT2D eigenvalue weighted by Crippen LogP contribution is -2.37. The molecule has 11 nitrogen and oxygen atoms in total. The molecule has 2 N–H and O–H groups in total. The smallest absolute Gasteiger partial charge is 0.414 e. The topological polar surface area (TPSA) is 135 Å². The molecule has 0 radical (unpaired) electrons. The van der Waals surface area contributed by atoms with Gasteiger partial charge >= 0.3 is 12.2 Å². The van der Waals surface area contributed by atoms with Crippen molar-refractivity contribution in [2.45, 2.75) is 18.6 Å². The first kappa shape index (κ1) is 23.5. The number of carbonyl (C=O) groups is 2. The molecule has 1 aromatic heterocycles. The number of ether oxygens (including phenoxy) is 3. The Morgan fingerprint density at radius 3 is 2.88 bits per heavy atom. The number of aliphatic hydroxyl groups excluding tert-OH is 2. The molecule has 3 heterocycles. The highest BCUT2D eigenvalue weighted by atomic mass is 19.1. The van der Waals surface area contributed by atoms with Gasteiger partial charge in [0.05, 0.1) is 18.8 Å². The Balaban J connectivity index is 1.34. The lowest BCUT2D eigenvalue weighted by Gasteiger charge is -2.26. The Morgan fingerprint density at radius 1 is 1.35 bits per heavy atom. The number of aliphatic hydroxyl groups is 2. The van der Waals surface area contributed by atoms with Gasteiger partial charge in [-0.05, 0) is 35.3 Å². The molecule has 2 aromatic rings. The van der Waals surface area contributed by atoms with Gasteiger partial charge in [-0.2, -0.15) is 0 Å². The first-order valence-electron chi connectivity index (χ1n) is 10.7. The zero-order chi connectivity index (χ0) is 24.1. The molecule has 1 saturated heterocycles. The van der Waals surface area contributed by atoms with Crippen LogP contribution in [0.2, 0.25) is 0 Å². The van der Waals surface area contributed by atoms with Crippen LogP contribution in [0, 0.1) is 5.82 Å². The van der Waals surface area contributed by atoms with E-state index in [1.165, 1.54) is 28.2 Å². The van der Waals surface area contributed by atoms with Crippen LogP contribution in [0.25, 0.3) is 5.57 Å². The number of halogens is 1. The summed E-state index contributed by atoms with van der Waals surface area (Å²) in [5.74, 6) is -0.221. The summed E-state index contributed by atoms with van der Waals surface area (Å²) in [6.07, 6.45) is 0.607. The second kappa shape index (κ2) is 10.5. The van der Waals surface area contributed by atoms with Crippen LogP contribution >= 0.6 is 0 Å². The third-order valence-electron chi connectivity index (χ3n) is 5.39. The summed E-state index contributed by atoms with van der Waals surface area (Å²) >= 11 is 0. The summed E-state index contributed by atoms with van der Waals surface area (Å²) in [5, 5.41) is 21.7. The van der Waals surface area contributed by atoms with E-state index >= 15 is 0 Å². The van der Waals surface area contributed by atoms with Crippen LogP contribution < -0.4 is 9.64 Å². The van der Waals surface area contributed by atoms with Crippen LogP contribution in [0.5, 0.6) is 5.88 Å². The van der Waals surface area contributed by atoms with E-state index < -0.39 is 36.8 Å². The number of anilines is 1. The number of amides is 2. The fourth-order valence-corrected chi connectivity index (χ4v) is 3.60. The quantitative estimate of drug-likeness (QED) is 0.583. The van der Waals surface area contributed by atoms with Gasteiger partial charge in [0.2, 0.25) is 0 Å². The SMILES string of the molecule is O=C(OC[C@@H](O)CO)N1CC=C(c2ccc(N3C[C@H](COc4ccon4)OC3=O)cc2F)CC1. The van der Waals surface area contributed by atoms with Gasteiger partial charge in [-0.15, -0.1) is 0 Å². The lowest BCUT2D eigenvalue weighted by molar-refractivity contribution is 0.0210. The van der Waals surface area contributed by atoms with Gasteiger partial charge in [0, 0.05) is 24.7 Å². The van der Waals surface area contributed by atoms with Gasteiger partial charge in [-0.1, -0.05) is 6.08 Å². The fraction of sp³-hybridized carbons (Fsp3) is 0.409. The van der Waals surface area contributed by atoms with Gasteiger partial charge in [0.15, 0.2) is 6.10 Å². The molecule has 4 rings (SSSR count). The molecule has 0 bridgehead atoms. The largest absolute Gasteiger partial charge is 0.471 e.